The summed E-state index contributed by atoms with van der Waals surface area (Å²) in [6.45, 7) is 7.79. The molecular weight excluding hydrogens is 322 g/mol. The van der Waals surface area contributed by atoms with Gasteiger partial charge in [-0.2, -0.15) is 0 Å². The van der Waals surface area contributed by atoms with Crippen molar-refractivity contribution in [1.82, 2.24) is 19.9 Å². The zero-order valence-corrected chi connectivity index (χ0v) is 16.2. The number of rotatable bonds is 6. The lowest BCUT2D eigenvalue weighted by atomic mass is 9.89. The van der Waals surface area contributed by atoms with Gasteiger partial charge < -0.3 is 14.8 Å². The Bertz CT molecular complexity index is 697. The lowest BCUT2D eigenvalue weighted by molar-refractivity contribution is 0.336. The Labute approximate surface area is 157 Å². The number of fused-ring (bicyclic) bond motifs is 1. The van der Waals surface area contributed by atoms with E-state index in [0.29, 0.717) is 0 Å². The van der Waals surface area contributed by atoms with Crippen LogP contribution in [-0.2, 0) is 6.54 Å². The topological polar surface area (TPSA) is 46.0 Å². The minimum absolute atomic E-state index is 0.759. The van der Waals surface area contributed by atoms with Gasteiger partial charge in [-0.3, -0.25) is 0 Å². The number of hydrogen-bond donors (Lipinski definition) is 1. The predicted molar refractivity (Wildman–Crippen MR) is 108 cm³/mol. The molecule has 26 heavy (non-hydrogen) atoms. The first-order valence-electron chi connectivity index (χ1n) is 10.6. The third-order valence-corrected chi connectivity index (χ3v) is 6.33. The van der Waals surface area contributed by atoms with Crippen molar-refractivity contribution in [3.63, 3.8) is 0 Å². The van der Waals surface area contributed by atoms with Crippen molar-refractivity contribution in [2.75, 3.05) is 31.1 Å². The highest BCUT2D eigenvalue weighted by Crippen LogP contribution is 2.29. The lowest BCUT2D eigenvalue weighted by Crippen LogP contribution is -2.31. The minimum atomic E-state index is 0.759. The summed E-state index contributed by atoms with van der Waals surface area (Å²) in [6.07, 6.45) is 13.5. The Kier molecular flexibility index (Phi) is 5.73. The van der Waals surface area contributed by atoms with E-state index in [-0.39, 0.29) is 0 Å². The largest absolute Gasteiger partial charge is 0.356 e. The van der Waals surface area contributed by atoms with Gasteiger partial charge in [0.25, 0.3) is 0 Å². The van der Waals surface area contributed by atoms with Gasteiger partial charge in [0.05, 0.1) is 5.39 Å². The first-order valence-corrected chi connectivity index (χ1v) is 10.6. The van der Waals surface area contributed by atoms with Crippen LogP contribution in [0.3, 0.4) is 0 Å². The van der Waals surface area contributed by atoms with Crippen molar-refractivity contribution in [3.8, 4) is 0 Å². The molecule has 5 heteroatoms. The van der Waals surface area contributed by atoms with E-state index in [9.17, 15) is 0 Å². The lowest BCUT2D eigenvalue weighted by Gasteiger charge is -2.30. The second-order valence-corrected chi connectivity index (χ2v) is 8.14. The molecule has 0 unspecified atom stereocenters. The molecule has 0 radical (unpaired) electrons. The molecule has 0 spiro atoms. The molecule has 5 nitrogen and oxygen atoms in total. The van der Waals surface area contributed by atoms with Crippen molar-refractivity contribution in [2.45, 2.75) is 58.4 Å². The summed E-state index contributed by atoms with van der Waals surface area (Å²) in [6, 6.07) is 2.23. The van der Waals surface area contributed by atoms with Crippen molar-refractivity contribution in [3.05, 3.63) is 18.6 Å². The molecule has 4 rings (SSSR count). The van der Waals surface area contributed by atoms with Gasteiger partial charge >= 0.3 is 0 Å². The van der Waals surface area contributed by atoms with Gasteiger partial charge in [-0.1, -0.05) is 19.3 Å². The van der Waals surface area contributed by atoms with Crippen LogP contribution in [0.1, 0.15) is 51.9 Å². The van der Waals surface area contributed by atoms with E-state index >= 15 is 0 Å². The smallest absolute Gasteiger partial charge is 0.145 e. The maximum atomic E-state index is 4.70. The molecule has 2 aromatic heterocycles. The standard InChI is InChI=1S/C21H33N5/c1-2-25(14-17-6-4-3-5-7-17)20-19-10-13-26(21(19)24-16-23-20)15-18-8-11-22-12-9-18/h10,13,16-18,22H,2-9,11-12,14-15H2,1H3. The molecule has 0 aromatic carbocycles. The second-order valence-electron chi connectivity index (χ2n) is 8.14. The highest BCUT2D eigenvalue weighted by Gasteiger charge is 2.21. The third kappa shape index (κ3) is 3.88. The summed E-state index contributed by atoms with van der Waals surface area (Å²) in [5.74, 6) is 2.72. The molecule has 0 amide bonds. The molecule has 2 aliphatic rings. The van der Waals surface area contributed by atoms with Gasteiger partial charge in [-0.25, -0.2) is 9.97 Å². The SMILES string of the molecule is CCN(CC1CCCCC1)c1ncnc2c1ccn2CC1CCNCC1. The number of nitrogens with zero attached hydrogens (tertiary/aromatic N) is 4. The highest BCUT2D eigenvalue weighted by molar-refractivity contribution is 5.87. The fraction of sp³-hybridized carbons (Fsp3) is 0.714. The number of nitrogens with one attached hydrogen (secondary N) is 1. The number of piperidine rings is 1. The molecule has 1 saturated heterocycles. The van der Waals surface area contributed by atoms with E-state index < -0.39 is 0 Å². The summed E-state index contributed by atoms with van der Waals surface area (Å²) in [4.78, 5) is 11.8. The van der Waals surface area contributed by atoms with Crippen LogP contribution in [0.4, 0.5) is 5.82 Å². The minimum Gasteiger partial charge on any atom is -0.356 e. The maximum absolute atomic E-state index is 4.70. The fourth-order valence-electron chi connectivity index (χ4n) is 4.78. The van der Waals surface area contributed by atoms with Gasteiger partial charge in [0.1, 0.15) is 17.8 Å². The van der Waals surface area contributed by atoms with Crippen LogP contribution in [-0.4, -0.2) is 40.7 Å². The summed E-state index contributed by atoms with van der Waals surface area (Å²) in [7, 11) is 0. The Hall–Kier alpha value is -1.62. The zero-order valence-electron chi connectivity index (χ0n) is 16.2. The van der Waals surface area contributed by atoms with E-state index in [1.807, 2.05) is 0 Å². The Morgan fingerprint density at radius 1 is 1.08 bits per heavy atom. The van der Waals surface area contributed by atoms with Crippen LogP contribution in [0.5, 0.6) is 0 Å². The highest BCUT2D eigenvalue weighted by atomic mass is 15.2. The molecule has 2 aromatic rings. The summed E-state index contributed by atoms with van der Waals surface area (Å²) in [5, 5.41) is 4.68. The molecule has 1 aliphatic heterocycles. The van der Waals surface area contributed by atoms with Crippen molar-refractivity contribution in [2.24, 2.45) is 11.8 Å². The zero-order chi connectivity index (χ0) is 17.8. The van der Waals surface area contributed by atoms with Crippen LogP contribution in [0.2, 0.25) is 0 Å². The summed E-state index contributed by atoms with van der Waals surface area (Å²) < 4.78 is 2.35. The molecule has 0 atom stereocenters. The molecule has 1 aliphatic carbocycles. The van der Waals surface area contributed by atoms with Gasteiger partial charge in [-0.05, 0) is 63.6 Å². The van der Waals surface area contributed by atoms with E-state index in [2.05, 4.69) is 39.0 Å². The quantitative estimate of drug-likeness (QED) is 0.855. The second kappa shape index (κ2) is 8.38. The van der Waals surface area contributed by atoms with Crippen LogP contribution in [0.25, 0.3) is 11.0 Å². The third-order valence-electron chi connectivity index (χ3n) is 6.33. The van der Waals surface area contributed by atoms with E-state index in [1.165, 1.54) is 50.3 Å². The molecule has 142 valence electrons. The number of hydrogen-bond acceptors (Lipinski definition) is 4. The monoisotopic (exact) mass is 355 g/mol. The average Bonchev–Trinajstić information content (AvgIpc) is 3.11. The predicted octanol–water partition coefficient (Wildman–Crippen LogP) is 3.84. The van der Waals surface area contributed by atoms with Gasteiger partial charge in [0.15, 0.2) is 0 Å². The van der Waals surface area contributed by atoms with Crippen LogP contribution in [0, 0.1) is 11.8 Å². The number of anilines is 1. The van der Waals surface area contributed by atoms with Crippen molar-refractivity contribution < 1.29 is 0 Å². The Balaban J connectivity index is 1.54. The summed E-state index contributed by atoms with van der Waals surface area (Å²) >= 11 is 0. The first kappa shape index (κ1) is 17.8. The molecule has 3 heterocycles. The average molecular weight is 356 g/mol. The Morgan fingerprint density at radius 3 is 2.65 bits per heavy atom. The van der Waals surface area contributed by atoms with E-state index in [1.54, 1.807) is 6.33 Å². The van der Waals surface area contributed by atoms with Gasteiger partial charge in [0.2, 0.25) is 0 Å². The van der Waals surface area contributed by atoms with Crippen LogP contribution in [0.15, 0.2) is 18.6 Å². The van der Waals surface area contributed by atoms with Gasteiger partial charge in [-0.15, -0.1) is 0 Å². The fourth-order valence-corrected chi connectivity index (χ4v) is 4.78. The maximum Gasteiger partial charge on any atom is 0.145 e. The van der Waals surface area contributed by atoms with Crippen molar-refractivity contribution in [1.29, 1.82) is 0 Å². The summed E-state index contributed by atoms with van der Waals surface area (Å²) in [5.41, 5.74) is 1.11. The van der Waals surface area contributed by atoms with Gasteiger partial charge in [0, 0.05) is 25.8 Å². The molecule has 2 fully saturated rings. The molecule has 0 bridgehead atoms. The van der Waals surface area contributed by atoms with E-state index in [0.717, 1.165) is 56.0 Å². The first-order chi connectivity index (χ1) is 12.8. The normalized spacial score (nSPS) is 19.9. The molecule has 1 saturated carbocycles. The van der Waals surface area contributed by atoms with E-state index in [4.69, 9.17) is 4.98 Å². The molecule has 1 N–H and O–H groups in total. The van der Waals surface area contributed by atoms with Crippen molar-refractivity contribution >= 4 is 16.9 Å². The molecular formula is C21H33N5. The van der Waals surface area contributed by atoms with Crippen LogP contribution >= 0.6 is 0 Å². The van der Waals surface area contributed by atoms with Crippen LogP contribution < -0.4 is 10.2 Å². The Morgan fingerprint density at radius 2 is 1.88 bits per heavy atom. The number of aromatic nitrogens is 3.